The Morgan fingerprint density at radius 3 is 2.88 bits per heavy atom. The van der Waals surface area contributed by atoms with Crippen LogP contribution in [0.3, 0.4) is 0 Å². The van der Waals surface area contributed by atoms with Crippen molar-refractivity contribution in [2.45, 2.75) is 31.3 Å². The smallest absolute Gasteiger partial charge is 0.337 e. The molecule has 0 bridgehead atoms. The van der Waals surface area contributed by atoms with Crippen LogP contribution in [-0.4, -0.2) is 23.8 Å². The van der Waals surface area contributed by atoms with Gasteiger partial charge in [-0.1, -0.05) is 12.1 Å². The average Bonchev–Trinajstić information content (AvgIpc) is 3.05. The van der Waals surface area contributed by atoms with Crippen LogP contribution in [0.1, 0.15) is 35.2 Å². The highest BCUT2D eigenvalue weighted by Crippen LogP contribution is 2.39. The Morgan fingerprint density at radius 1 is 1.50 bits per heavy atom. The molecule has 0 heterocycles. The zero-order valence-electron chi connectivity index (χ0n) is 9.40. The minimum Gasteiger partial charge on any atom is -0.465 e. The standard InChI is InChI=1S/C13H16O3/c1-16-12(14)11-4-2-3-10(9-11)5-6-13(15)7-8-13/h2-4,9,15H,5-8H2,1H3. The van der Waals surface area contributed by atoms with Crippen LogP contribution in [0, 0.1) is 0 Å². The van der Waals surface area contributed by atoms with Crippen molar-refractivity contribution in [3.05, 3.63) is 35.4 Å². The highest BCUT2D eigenvalue weighted by Gasteiger charge is 2.39. The lowest BCUT2D eigenvalue weighted by atomic mass is 10.0. The second kappa shape index (κ2) is 4.26. The van der Waals surface area contributed by atoms with Crippen molar-refractivity contribution in [1.82, 2.24) is 0 Å². The molecule has 0 radical (unpaired) electrons. The predicted molar refractivity (Wildman–Crippen MR) is 60.3 cm³/mol. The molecule has 86 valence electrons. The number of ether oxygens (including phenoxy) is 1. The number of aliphatic hydroxyl groups is 1. The molecule has 0 spiro atoms. The van der Waals surface area contributed by atoms with Crippen molar-refractivity contribution in [3.63, 3.8) is 0 Å². The van der Waals surface area contributed by atoms with E-state index in [1.54, 1.807) is 6.07 Å². The molecule has 1 aliphatic rings. The third kappa shape index (κ3) is 2.61. The first-order chi connectivity index (χ1) is 7.63. The molecule has 1 aromatic rings. The number of aryl methyl sites for hydroxylation is 1. The van der Waals surface area contributed by atoms with E-state index in [1.807, 2.05) is 18.2 Å². The van der Waals surface area contributed by atoms with Gasteiger partial charge in [0.1, 0.15) is 0 Å². The van der Waals surface area contributed by atoms with Crippen LogP contribution in [0.2, 0.25) is 0 Å². The number of carbonyl (C=O) groups excluding carboxylic acids is 1. The van der Waals surface area contributed by atoms with Gasteiger partial charge < -0.3 is 9.84 Å². The lowest BCUT2D eigenvalue weighted by Gasteiger charge is -2.07. The Hall–Kier alpha value is -1.35. The third-order valence-corrected chi connectivity index (χ3v) is 3.05. The monoisotopic (exact) mass is 220 g/mol. The minimum atomic E-state index is -0.429. The lowest BCUT2D eigenvalue weighted by Crippen LogP contribution is -2.08. The van der Waals surface area contributed by atoms with E-state index in [1.165, 1.54) is 7.11 Å². The molecule has 0 amide bonds. The molecule has 0 saturated heterocycles. The van der Waals surface area contributed by atoms with Crippen LogP contribution in [0.4, 0.5) is 0 Å². The second-order valence-corrected chi connectivity index (χ2v) is 4.42. The lowest BCUT2D eigenvalue weighted by molar-refractivity contribution is 0.0600. The molecule has 2 rings (SSSR count). The Bertz CT molecular complexity index is 394. The molecule has 0 unspecified atom stereocenters. The van der Waals surface area contributed by atoms with Crippen LogP contribution in [0.15, 0.2) is 24.3 Å². The van der Waals surface area contributed by atoms with E-state index >= 15 is 0 Å². The third-order valence-electron chi connectivity index (χ3n) is 3.05. The van der Waals surface area contributed by atoms with Gasteiger partial charge in [-0.05, 0) is 43.4 Å². The fraction of sp³-hybridized carbons (Fsp3) is 0.462. The van der Waals surface area contributed by atoms with Crippen molar-refractivity contribution >= 4 is 5.97 Å². The quantitative estimate of drug-likeness (QED) is 0.789. The summed E-state index contributed by atoms with van der Waals surface area (Å²) >= 11 is 0. The molecule has 3 heteroatoms. The van der Waals surface area contributed by atoms with Gasteiger partial charge in [0, 0.05) is 0 Å². The second-order valence-electron chi connectivity index (χ2n) is 4.42. The molecule has 1 aromatic carbocycles. The van der Waals surface area contributed by atoms with Crippen LogP contribution in [-0.2, 0) is 11.2 Å². The van der Waals surface area contributed by atoms with Crippen LogP contribution in [0.5, 0.6) is 0 Å². The summed E-state index contributed by atoms with van der Waals surface area (Å²) in [5, 5.41) is 9.72. The SMILES string of the molecule is COC(=O)c1cccc(CCC2(O)CC2)c1. The Morgan fingerprint density at radius 2 is 2.25 bits per heavy atom. The maximum Gasteiger partial charge on any atom is 0.337 e. The normalized spacial score (nSPS) is 16.9. The number of benzene rings is 1. The summed E-state index contributed by atoms with van der Waals surface area (Å²) in [5.41, 5.74) is 1.22. The number of esters is 1. The summed E-state index contributed by atoms with van der Waals surface area (Å²) in [5.74, 6) is -0.313. The molecule has 1 fully saturated rings. The van der Waals surface area contributed by atoms with Gasteiger partial charge in [0.2, 0.25) is 0 Å². The van der Waals surface area contributed by atoms with E-state index in [2.05, 4.69) is 4.74 Å². The van der Waals surface area contributed by atoms with Crippen LogP contribution in [0.25, 0.3) is 0 Å². The molecule has 0 aromatic heterocycles. The molecule has 16 heavy (non-hydrogen) atoms. The molecule has 3 nitrogen and oxygen atoms in total. The maximum atomic E-state index is 11.3. The summed E-state index contributed by atoms with van der Waals surface area (Å²) in [6, 6.07) is 7.38. The van der Waals surface area contributed by atoms with E-state index in [-0.39, 0.29) is 5.97 Å². The Labute approximate surface area is 95.0 Å². The van der Waals surface area contributed by atoms with Gasteiger partial charge in [0.15, 0.2) is 0 Å². The highest BCUT2D eigenvalue weighted by atomic mass is 16.5. The number of hydrogen-bond donors (Lipinski definition) is 1. The Kier molecular flexibility index (Phi) is 2.97. The van der Waals surface area contributed by atoms with Gasteiger partial charge in [-0.15, -0.1) is 0 Å². The van der Waals surface area contributed by atoms with Crippen molar-refractivity contribution in [2.24, 2.45) is 0 Å². The van der Waals surface area contributed by atoms with E-state index < -0.39 is 5.60 Å². The molecule has 0 aliphatic heterocycles. The number of methoxy groups -OCH3 is 1. The van der Waals surface area contributed by atoms with Gasteiger partial charge >= 0.3 is 5.97 Å². The first-order valence-corrected chi connectivity index (χ1v) is 5.53. The van der Waals surface area contributed by atoms with E-state index in [0.717, 1.165) is 31.2 Å². The van der Waals surface area contributed by atoms with Gasteiger partial charge in [-0.25, -0.2) is 4.79 Å². The first-order valence-electron chi connectivity index (χ1n) is 5.53. The predicted octanol–water partition coefficient (Wildman–Crippen LogP) is 1.93. The summed E-state index contributed by atoms with van der Waals surface area (Å²) < 4.78 is 4.66. The molecule has 1 N–H and O–H groups in total. The summed E-state index contributed by atoms with van der Waals surface area (Å²) in [6.45, 7) is 0. The fourth-order valence-electron chi connectivity index (χ4n) is 1.74. The van der Waals surface area contributed by atoms with Crippen LogP contribution >= 0.6 is 0 Å². The maximum absolute atomic E-state index is 11.3. The largest absolute Gasteiger partial charge is 0.465 e. The van der Waals surface area contributed by atoms with Crippen molar-refractivity contribution in [1.29, 1.82) is 0 Å². The zero-order valence-corrected chi connectivity index (χ0v) is 9.40. The highest BCUT2D eigenvalue weighted by molar-refractivity contribution is 5.89. The van der Waals surface area contributed by atoms with E-state index in [0.29, 0.717) is 5.56 Å². The number of carbonyl (C=O) groups is 1. The summed E-state index contributed by atoms with van der Waals surface area (Å²) in [4.78, 5) is 11.3. The Balaban J connectivity index is 2.01. The number of rotatable bonds is 4. The molecule has 0 atom stereocenters. The van der Waals surface area contributed by atoms with Crippen LogP contribution < -0.4 is 0 Å². The summed E-state index contributed by atoms with van der Waals surface area (Å²) in [6.07, 6.45) is 3.40. The van der Waals surface area contributed by atoms with E-state index in [4.69, 9.17) is 0 Å². The van der Waals surface area contributed by atoms with E-state index in [9.17, 15) is 9.90 Å². The van der Waals surface area contributed by atoms with Gasteiger partial charge in [0.05, 0.1) is 18.3 Å². The van der Waals surface area contributed by atoms with Gasteiger partial charge in [-0.2, -0.15) is 0 Å². The average molecular weight is 220 g/mol. The number of hydrogen-bond acceptors (Lipinski definition) is 3. The summed E-state index contributed by atoms with van der Waals surface area (Å²) in [7, 11) is 1.38. The molecular weight excluding hydrogens is 204 g/mol. The molecular formula is C13H16O3. The first kappa shape index (κ1) is 11.1. The van der Waals surface area contributed by atoms with Gasteiger partial charge in [-0.3, -0.25) is 0 Å². The fourth-order valence-corrected chi connectivity index (χ4v) is 1.74. The molecule has 1 aliphatic carbocycles. The van der Waals surface area contributed by atoms with Crippen molar-refractivity contribution < 1.29 is 14.6 Å². The van der Waals surface area contributed by atoms with Gasteiger partial charge in [0.25, 0.3) is 0 Å². The molecule has 1 saturated carbocycles. The van der Waals surface area contributed by atoms with Crippen molar-refractivity contribution in [2.75, 3.05) is 7.11 Å². The van der Waals surface area contributed by atoms with Crippen molar-refractivity contribution in [3.8, 4) is 0 Å². The zero-order chi connectivity index (χ0) is 11.6. The topological polar surface area (TPSA) is 46.5 Å². The minimum absolute atomic E-state index is 0.313.